The zero-order valence-electron chi connectivity index (χ0n) is 12.2. The minimum Gasteiger partial charge on any atom is -0.480 e. The fraction of sp³-hybridized carbons (Fsp3) is 0.500. The van der Waals surface area contributed by atoms with Crippen LogP contribution in [0.4, 0.5) is 0 Å². The first kappa shape index (κ1) is 14.6. The minimum atomic E-state index is -0.456. The third kappa shape index (κ3) is 2.87. The number of pyridine rings is 1. The van der Waals surface area contributed by atoms with E-state index in [1.807, 2.05) is 6.07 Å². The second-order valence-electron chi connectivity index (χ2n) is 6.11. The number of rotatable bonds is 3. The smallest absolute Gasteiger partial charge is 0.237 e. The van der Waals surface area contributed by atoms with Crippen LogP contribution in [-0.4, -0.2) is 26.0 Å². The molecular weight excluding hydrogens is 320 g/mol. The van der Waals surface area contributed by atoms with Crippen molar-refractivity contribution in [1.29, 1.82) is 0 Å². The van der Waals surface area contributed by atoms with Gasteiger partial charge in [0.1, 0.15) is 15.2 Å². The molecule has 2 rings (SSSR count). The van der Waals surface area contributed by atoms with E-state index in [1.165, 1.54) is 5.39 Å². The van der Waals surface area contributed by atoms with E-state index in [0.29, 0.717) is 11.0 Å². The van der Waals surface area contributed by atoms with Crippen LogP contribution in [0.1, 0.15) is 27.7 Å². The highest BCUT2D eigenvalue weighted by molar-refractivity contribution is 9.10. The highest BCUT2D eigenvalue weighted by atomic mass is 79.9. The van der Waals surface area contributed by atoms with E-state index in [9.17, 15) is 0 Å². The van der Waals surface area contributed by atoms with Gasteiger partial charge < -0.3 is 8.97 Å². The van der Waals surface area contributed by atoms with E-state index in [2.05, 4.69) is 59.0 Å². The molecular formula is C14H21BrN2OSi. The van der Waals surface area contributed by atoms with E-state index >= 15 is 0 Å². The third-order valence-corrected chi connectivity index (χ3v) is 7.14. The molecule has 0 N–H and O–H groups in total. The van der Waals surface area contributed by atoms with E-state index in [-0.39, 0.29) is 0 Å². The van der Waals surface area contributed by atoms with Crippen molar-refractivity contribution in [2.24, 2.45) is 5.41 Å². The quantitative estimate of drug-likeness (QED) is 0.798. The Labute approximate surface area is 125 Å². The van der Waals surface area contributed by atoms with E-state index < -0.39 is 9.68 Å². The number of nitrogens with zero attached hydrogens (tertiary/aromatic N) is 2. The molecule has 5 heteroatoms. The molecule has 2 aromatic rings. The molecule has 3 nitrogen and oxygen atoms in total. The largest absolute Gasteiger partial charge is 0.480 e. The molecule has 0 spiro atoms. The number of ether oxygens (including phenoxy) is 1. The molecule has 104 valence electrons. The Hall–Kier alpha value is -0.813. The van der Waals surface area contributed by atoms with Gasteiger partial charge in [0.05, 0.1) is 7.11 Å². The topological polar surface area (TPSA) is 27.1 Å². The van der Waals surface area contributed by atoms with Gasteiger partial charge in [-0.25, -0.2) is 4.98 Å². The lowest BCUT2D eigenvalue weighted by Crippen LogP contribution is -2.22. The minimum absolute atomic E-state index is 0.338. The average Bonchev–Trinajstić information content (AvgIpc) is 2.65. The third-order valence-electron chi connectivity index (χ3n) is 3.85. The van der Waals surface area contributed by atoms with Gasteiger partial charge in [0, 0.05) is 22.3 Å². The lowest BCUT2D eigenvalue weighted by molar-refractivity contribution is 0.392. The van der Waals surface area contributed by atoms with Crippen LogP contribution in [0.5, 0.6) is 5.88 Å². The molecule has 1 atom stereocenters. The maximum Gasteiger partial charge on any atom is 0.237 e. The summed E-state index contributed by atoms with van der Waals surface area (Å²) in [6, 6.07) is 2.04. The molecule has 0 saturated heterocycles. The summed E-state index contributed by atoms with van der Waals surface area (Å²) in [5.41, 5.74) is 2.16. The van der Waals surface area contributed by atoms with Gasteiger partial charge in [-0.1, -0.05) is 27.7 Å². The van der Waals surface area contributed by atoms with Gasteiger partial charge >= 0.3 is 0 Å². The van der Waals surface area contributed by atoms with Crippen molar-refractivity contribution in [3.8, 4) is 5.88 Å². The molecule has 0 amide bonds. The second kappa shape index (κ2) is 5.29. The van der Waals surface area contributed by atoms with E-state index in [1.54, 1.807) is 13.3 Å². The van der Waals surface area contributed by atoms with Crippen LogP contribution in [0.25, 0.3) is 10.9 Å². The summed E-state index contributed by atoms with van der Waals surface area (Å²) in [5.74, 6) is 0.719. The van der Waals surface area contributed by atoms with E-state index in [4.69, 9.17) is 4.74 Å². The lowest BCUT2D eigenvalue weighted by atomic mass is 9.93. The number of hydrogen-bond donors (Lipinski definition) is 0. The maximum absolute atomic E-state index is 5.42. The number of hydrogen-bond acceptors (Lipinski definition) is 2. The first-order valence-electron chi connectivity index (χ1n) is 6.52. The molecule has 0 aliphatic carbocycles. The van der Waals surface area contributed by atoms with Crippen LogP contribution in [0.2, 0.25) is 5.54 Å². The first-order chi connectivity index (χ1) is 8.84. The number of fused-ring (bicyclic) bond motifs is 1. The van der Waals surface area contributed by atoms with Crippen molar-refractivity contribution in [3.05, 3.63) is 22.9 Å². The zero-order valence-corrected chi connectivity index (χ0v) is 15.2. The van der Waals surface area contributed by atoms with Gasteiger partial charge in [-0.3, -0.25) is 0 Å². The van der Waals surface area contributed by atoms with Crippen LogP contribution < -0.4 is 4.74 Å². The molecule has 0 bridgehead atoms. The monoisotopic (exact) mass is 340 g/mol. The summed E-state index contributed by atoms with van der Waals surface area (Å²) in [5, 5.41) is 1.18. The Morgan fingerprint density at radius 2 is 2.11 bits per heavy atom. The highest BCUT2D eigenvalue weighted by Crippen LogP contribution is 2.34. The number of halogens is 1. The SMILES string of the molecule is COc1nccc2c(Br)cn([SiH2]C(C)C(C)(C)C)c12. The van der Waals surface area contributed by atoms with Crippen LogP contribution in [-0.2, 0) is 0 Å². The Morgan fingerprint density at radius 3 is 2.68 bits per heavy atom. The Kier molecular flexibility index (Phi) is 4.06. The fourth-order valence-electron chi connectivity index (χ4n) is 2.04. The zero-order chi connectivity index (χ0) is 14.2. The summed E-state index contributed by atoms with van der Waals surface area (Å²) in [6.45, 7) is 9.26. The molecule has 1 unspecified atom stereocenters. The van der Waals surface area contributed by atoms with Crippen molar-refractivity contribution in [1.82, 2.24) is 9.22 Å². The summed E-state index contributed by atoms with van der Waals surface area (Å²) in [4.78, 5) is 4.33. The molecule has 0 fully saturated rings. The number of aromatic nitrogens is 2. The molecule has 0 radical (unpaired) electrons. The maximum atomic E-state index is 5.42. The Balaban J connectivity index is 2.49. The fourth-order valence-corrected chi connectivity index (χ4v) is 4.79. The van der Waals surface area contributed by atoms with Gasteiger partial charge in [0.25, 0.3) is 0 Å². The van der Waals surface area contributed by atoms with Gasteiger partial charge in [-0.05, 0) is 33.0 Å². The summed E-state index contributed by atoms with van der Waals surface area (Å²) in [7, 11) is 1.23. The molecule has 0 aliphatic heterocycles. The predicted molar refractivity (Wildman–Crippen MR) is 86.8 cm³/mol. The Morgan fingerprint density at radius 1 is 1.42 bits per heavy atom. The summed E-state index contributed by atoms with van der Waals surface area (Å²) in [6.07, 6.45) is 3.98. The molecule has 2 heterocycles. The average molecular weight is 341 g/mol. The summed E-state index contributed by atoms with van der Waals surface area (Å²) < 4.78 is 8.92. The number of methoxy groups -OCH3 is 1. The van der Waals surface area contributed by atoms with Crippen LogP contribution >= 0.6 is 15.9 Å². The highest BCUT2D eigenvalue weighted by Gasteiger charge is 2.23. The Bertz CT molecular complexity index is 589. The van der Waals surface area contributed by atoms with E-state index in [0.717, 1.165) is 15.9 Å². The lowest BCUT2D eigenvalue weighted by Gasteiger charge is -2.27. The molecule has 0 aromatic carbocycles. The second-order valence-corrected chi connectivity index (χ2v) is 9.24. The van der Waals surface area contributed by atoms with Crippen molar-refractivity contribution < 1.29 is 4.74 Å². The standard InChI is InChI=1S/C14H21BrN2OSi/c1-9(14(2,3)4)19-17-8-11(15)10-6-7-16-13(18-5)12(10)17/h6-9H,19H2,1-5H3. The van der Waals surface area contributed by atoms with Crippen molar-refractivity contribution in [2.75, 3.05) is 7.11 Å². The van der Waals surface area contributed by atoms with Crippen molar-refractivity contribution in [3.63, 3.8) is 0 Å². The van der Waals surface area contributed by atoms with Gasteiger partial charge in [0.15, 0.2) is 0 Å². The summed E-state index contributed by atoms with van der Waals surface area (Å²) >= 11 is 3.64. The van der Waals surface area contributed by atoms with Gasteiger partial charge in [-0.2, -0.15) is 0 Å². The van der Waals surface area contributed by atoms with Crippen molar-refractivity contribution >= 4 is 36.5 Å². The van der Waals surface area contributed by atoms with Crippen molar-refractivity contribution in [2.45, 2.75) is 33.2 Å². The van der Waals surface area contributed by atoms with Gasteiger partial charge in [-0.15, -0.1) is 0 Å². The predicted octanol–water partition coefficient (Wildman–Crippen LogP) is 3.59. The van der Waals surface area contributed by atoms with Crippen LogP contribution in [0.3, 0.4) is 0 Å². The molecule has 19 heavy (non-hydrogen) atoms. The van der Waals surface area contributed by atoms with Crippen LogP contribution in [0, 0.1) is 5.41 Å². The normalized spacial score (nSPS) is 14.4. The van der Waals surface area contributed by atoms with Gasteiger partial charge in [0.2, 0.25) is 5.88 Å². The molecule has 0 saturated carbocycles. The molecule has 2 aromatic heterocycles. The van der Waals surface area contributed by atoms with Crippen LogP contribution in [0.15, 0.2) is 22.9 Å². The molecule has 0 aliphatic rings. The first-order valence-corrected chi connectivity index (χ1v) is 8.76.